The Bertz CT molecular complexity index is 1280. The van der Waals surface area contributed by atoms with Gasteiger partial charge < -0.3 is 10.1 Å². The molecular formula is C23H15Br3IN3O4. The Hall–Kier alpha value is -2.09. The van der Waals surface area contributed by atoms with E-state index in [4.69, 9.17) is 4.74 Å². The number of rotatable bonds is 7. The Morgan fingerprint density at radius 1 is 0.941 bits per heavy atom. The van der Waals surface area contributed by atoms with Crippen LogP contribution in [-0.4, -0.2) is 30.5 Å². The molecule has 3 aromatic rings. The molecule has 2 amide bonds. The number of ether oxygens (including phenoxy) is 1. The molecule has 0 aliphatic rings. The predicted molar refractivity (Wildman–Crippen MR) is 148 cm³/mol. The van der Waals surface area contributed by atoms with E-state index in [2.05, 4.69) is 86.2 Å². The molecule has 0 aromatic heterocycles. The molecule has 0 radical (unpaired) electrons. The predicted octanol–water partition coefficient (Wildman–Crippen LogP) is 5.68. The fourth-order valence-electron chi connectivity index (χ4n) is 2.67. The largest absolute Gasteiger partial charge is 0.421 e. The highest BCUT2D eigenvalue weighted by Gasteiger charge is 2.17. The topological polar surface area (TPSA) is 96.9 Å². The summed E-state index contributed by atoms with van der Waals surface area (Å²) >= 11 is 12.1. The molecule has 0 spiro atoms. The summed E-state index contributed by atoms with van der Waals surface area (Å²) in [5, 5.41) is 6.46. The van der Waals surface area contributed by atoms with E-state index >= 15 is 0 Å². The summed E-state index contributed by atoms with van der Waals surface area (Å²) in [6, 6.07) is 17.4. The number of carbonyl (C=O) groups excluding carboxylic acids is 3. The van der Waals surface area contributed by atoms with Crippen molar-refractivity contribution in [3.8, 4) is 5.75 Å². The van der Waals surface area contributed by atoms with Crippen LogP contribution in [0.3, 0.4) is 0 Å². The van der Waals surface area contributed by atoms with Crippen LogP contribution in [0.25, 0.3) is 0 Å². The van der Waals surface area contributed by atoms with Gasteiger partial charge in [-0.3, -0.25) is 9.59 Å². The van der Waals surface area contributed by atoms with E-state index in [1.807, 2.05) is 6.07 Å². The van der Waals surface area contributed by atoms with E-state index in [9.17, 15) is 14.4 Å². The van der Waals surface area contributed by atoms with Crippen molar-refractivity contribution in [3.05, 3.63) is 94.3 Å². The van der Waals surface area contributed by atoms with E-state index in [0.29, 0.717) is 30.1 Å². The molecule has 0 saturated heterocycles. The van der Waals surface area contributed by atoms with Gasteiger partial charge in [0.2, 0.25) is 0 Å². The molecule has 0 unspecified atom stereocenters. The van der Waals surface area contributed by atoms with Gasteiger partial charge in [0.05, 0.1) is 28.4 Å². The summed E-state index contributed by atoms with van der Waals surface area (Å²) in [7, 11) is 0. The summed E-state index contributed by atoms with van der Waals surface area (Å²) in [5.41, 5.74) is 3.63. The van der Waals surface area contributed by atoms with Gasteiger partial charge in [-0.05, 0) is 90.8 Å². The second-order valence-corrected chi connectivity index (χ2v) is 10.4. The maximum atomic E-state index is 12.7. The quantitative estimate of drug-likeness (QED) is 0.107. The fourth-order valence-corrected chi connectivity index (χ4v) is 5.08. The van der Waals surface area contributed by atoms with E-state index < -0.39 is 17.8 Å². The zero-order chi connectivity index (χ0) is 24.7. The first-order valence-electron chi connectivity index (χ1n) is 9.56. The van der Waals surface area contributed by atoms with Gasteiger partial charge in [-0.15, -0.1) is 0 Å². The molecule has 174 valence electrons. The number of hydrogen-bond donors (Lipinski definition) is 2. The molecule has 11 heteroatoms. The highest BCUT2D eigenvalue weighted by molar-refractivity contribution is 14.1. The summed E-state index contributed by atoms with van der Waals surface area (Å²) in [6.07, 6.45) is 1.35. The number of carbonyl (C=O) groups is 3. The van der Waals surface area contributed by atoms with E-state index in [-0.39, 0.29) is 12.3 Å². The minimum absolute atomic E-state index is 0.244. The smallest absolute Gasteiger partial charge is 0.344 e. The SMILES string of the molecule is O=C(CNC(=O)c1ccccc1Br)N/N=C/c1cc(Br)cc(Br)c1OC(=O)c1ccccc1I. The molecule has 0 aliphatic carbocycles. The number of halogens is 4. The molecule has 7 nitrogen and oxygen atoms in total. The van der Waals surface area contributed by atoms with Crippen molar-refractivity contribution in [1.82, 2.24) is 10.7 Å². The summed E-state index contributed by atoms with van der Waals surface area (Å²) in [5.74, 6) is -1.20. The van der Waals surface area contributed by atoms with Crippen molar-refractivity contribution in [2.45, 2.75) is 0 Å². The molecule has 0 heterocycles. The number of hydrogen-bond acceptors (Lipinski definition) is 5. The van der Waals surface area contributed by atoms with Crippen LogP contribution in [0.15, 0.2) is 79.2 Å². The monoisotopic (exact) mass is 761 g/mol. The molecule has 2 N–H and O–H groups in total. The lowest BCUT2D eigenvalue weighted by Gasteiger charge is -2.11. The van der Waals surface area contributed by atoms with Crippen LogP contribution < -0.4 is 15.5 Å². The van der Waals surface area contributed by atoms with Crippen molar-refractivity contribution >= 4 is 94.4 Å². The van der Waals surface area contributed by atoms with Crippen LogP contribution in [0.1, 0.15) is 26.3 Å². The van der Waals surface area contributed by atoms with Crippen LogP contribution in [-0.2, 0) is 4.79 Å². The molecule has 3 rings (SSSR count). The highest BCUT2D eigenvalue weighted by Crippen LogP contribution is 2.33. The second-order valence-electron chi connectivity index (χ2n) is 6.63. The number of nitrogens with zero attached hydrogens (tertiary/aromatic N) is 1. The van der Waals surface area contributed by atoms with E-state index in [1.165, 1.54) is 6.21 Å². The minimum Gasteiger partial charge on any atom is -0.421 e. The van der Waals surface area contributed by atoms with Gasteiger partial charge in [0.1, 0.15) is 0 Å². The van der Waals surface area contributed by atoms with Crippen LogP contribution in [0, 0.1) is 3.57 Å². The van der Waals surface area contributed by atoms with Crippen molar-refractivity contribution in [3.63, 3.8) is 0 Å². The van der Waals surface area contributed by atoms with Gasteiger partial charge in [0.25, 0.3) is 11.8 Å². The van der Waals surface area contributed by atoms with Crippen molar-refractivity contribution in [2.75, 3.05) is 6.54 Å². The van der Waals surface area contributed by atoms with Crippen LogP contribution in [0.4, 0.5) is 0 Å². The van der Waals surface area contributed by atoms with Gasteiger partial charge >= 0.3 is 5.97 Å². The molecule has 0 bridgehead atoms. The minimum atomic E-state index is -0.526. The maximum absolute atomic E-state index is 12.7. The average molecular weight is 764 g/mol. The molecule has 0 aliphatic heterocycles. The number of nitrogens with one attached hydrogen (secondary N) is 2. The third-order valence-electron chi connectivity index (χ3n) is 4.25. The number of esters is 1. The Morgan fingerprint density at radius 2 is 1.62 bits per heavy atom. The van der Waals surface area contributed by atoms with Crippen molar-refractivity contribution < 1.29 is 19.1 Å². The molecular weight excluding hydrogens is 749 g/mol. The lowest BCUT2D eigenvalue weighted by Crippen LogP contribution is -2.35. The number of amides is 2. The molecule has 0 saturated carbocycles. The van der Waals surface area contributed by atoms with Gasteiger partial charge in [-0.25, -0.2) is 10.2 Å². The lowest BCUT2D eigenvalue weighted by atomic mass is 10.2. The summed E-state index contributed by atoms with van der Waals surface area (Å²) < 4.78 is 8.23. The first-order chi connectivity index (χ1) is 16.3. The molecule has 34 heavy (non-hydrogen) atoms. The van der Waals surface area contributed by atoms with E-state index in [0.717, 1.165) is 3.57 Å². The first-order valence-corrected chi connectivity index (χ1v) is 13.0. The maximum Gasteiger partial charge on any atom is 0.344 e. The third-order valence-corrected chi connectivity index (χ3v) is 6.93. The van der Waals surface area contributed by atoms with Crippen LogP contribution in [0.5, 0.6) is 5.75 Å². The zero-order valence-electron chi connectivity index (χ0n) is 17.2. The average Bonchev–Trinajstić information content (AvgIpc) is 2.80. The Morgan fingerprint density at radius 3 is 2.32 bits per heavy atom. The number of benzene rings is 3. The standard InChI is InChI=1S/C23H15Br3IN3O4/c24-14-9-13(21(18(26)10-14)34-23(33)16-6-2-4-8-19(16)27)11-29-30-20(31)12-28-22(32)15-5-1-3-7-17(15)25/h1-11H,12H2,(H,28,32)(H,30,31)/b29-11+. The van der Waals surface area contributed by atoms with Gasteiger partial charge in [0, 0.05) is 18.1 Å². The summed E-state index contributed by atoms with van der Waals surface area (Å²) in [4.78, 5) is 37.0. The molecule has 0 fully saturated rings. The second kappa shape index (κ2) is 12.6. The first kappa shape index (κ1) is 26.5. The third kappa shape index (κ3) is 7.20. The zero-order valence-corrected chi connectivity index (χ0v) is 24.1. The Kier molecular flexibility index (Phi) is 9.80. The van der Waals surface area contributed by atoms with Gasteiger partial charge in [-0.2, -0.15) is 5.10 Å². The van der Waals surface area contributed by atoms with Crippen molar-refractivity contribution in [1.29, 1.82) is 0 Å². The van der Waals surface area contributed by atoms with Crippen LogP contribution in [0.2, 0.25) is 0 Å². The van der Waals surface area contributed by atoms with Crippen LogP contribution >= 0.6 is 70.4 Å². The Balaban J connectivity index is 1.66. The summed E-state index contributed by atoms with van der Waals surface area (Å²) in [6.45, 7) is -0.270. The molecule has 0 atom stereocenters. The molecule has 3 aromatic carbocycles. The normalized spacial score (nSPS) is 10.7. The van der Waals surface area contributed by atoms with Gasteiger partial charge in [-0.1, -0.05) is 40.2 Å². The lowest BCUT2D eigenvalue weighted by molar-refractivity contribution is -0.120. The number of hydrazone groups is 1. The fraction of sp³-hybridized carbons (Fsp3) is 0.0435. The van der Waals surface area contributed by atoms with E-state index in [1.54, 1.807) is 54.6 Å². The Labute approximate surface area is 234 Å². The van der Waals surface area contributed by atoms with Crippen molar-refractivity contribution in [2.24, 2.45) is 5.10 Å². The van der Waals surface area contributed by atoms with Gasteiger partial charge in [0.15, 0.2) is 5.75 Å². The highest BCUT2D eigenvalue weighted by atomic mass is 127.